The molecule has 0 saturated heterocycles. The standard InChI is InChI=1S/C12H8N2O4/c15-11-9(13-14-10(11)12(16)17)8-5-6-3-1-2-4-7(6)18-8/h1-5,15H,(H,13,14)(H,16,17). The summed E-state index contributed by atoms with van der Waals surface area (Å²) in [5.74, 6) is -1.39. The molecule has 0 aliphatic heterocycles. The molecule has 0 aliphatic carbocycles. The molecule has 3 aromatic rings. The van der Waals surface area contributed by atoms with Crippen LogP contribution in [0.5, 0.6) is 5.75 Å². The quantitative estimate of drug-likeness (QED) is 0.641. The van der Waals surface area contributed by atoms with E-state index in [1.807, 2.05) is 18.2 Å². The predicted octanol–water partition coefficient (Wildman–Crippen LogP) is 2.23. The van der Waals surface area contributed by atoms with Gasteiger partial charge in [-0.3, -0.25) is 5.10 Å². The number of para-hydroxylation sites is 1. The topological polar surface area (TPSA) is 99.3 Å². The largest absolute Gasteiger partial charge is 0.504 e. The minimum Gasteiger partial charge on any atom is -0.504 e. The Morgan fingerprint density at radius 2 is 2.11 bits per heavy atom. The third-order valence-corrected chi connectivity index (χ3v) is 2.61. The summed E-state index contributed by atoms with van der Waals surface area (Å²) in [5, 5.41) is 25.4. The van der Waals surface area contributed by atoms with Gasteiger partial charge in [-0.05, 0) is 12.1 Å². The molecular formula is C12H8N2O4. The van der Waals surface area contributed by atoms with Crippen molar-refractivity contribution in [3.8, 4) is 17.2 Å². The predicted molar refractivity (Wildman–Crippen MR) is 62.4 cm³/mol. The van der Waals surface area contributed by atoms with Crippen molar-refractivity contribution in [3.63, 3.8) is 0 Å². The van der Waals surface area contributed by atoms with E-state index in [1.54, 1.807) is 12.1 Å². The Bertz CT molecular complexity index is 708. The summed E-state index contributed by atoms with van der Waals surface area (Å²) in [6.45, 7) is 0. The van der Waals surface area contributed by atoms with Crippen LogP contribution in [-0.2, 0) is 0 Å². The molecule has 0 saturated carbocycles. The van der Waals surface area contributed by atoms with Crippen LogP contribution in [0, 0.1) is 0 Å². The zero-order valence-electron chi connectivity index (χ0n) is 9.04. The number of hydrogen-bond acceptors (Lipinski definition) is 4. The number of nitrogens with one attached hydrogen (secondary N) is 1. The molecule has 0 atom stereocenters. The lowest BCUT2D eigenvalue weighted by Crippen LogP contribution is -1.96. The average molecular weight is 244 g/mol. The minimum absolute atomic E-state index is 0.0867. The first-order valence-electron chi connectivity index (χ1n) is 5.16. The Balaban J connectivity index is 2.17. The number of nitrogens with zero attached hydrogens (tertiary/aromatic N) is 1. The van der Waals surface area contributed by atoms with Gasteiger partial charge in [0.1, 0.15) is 5.58 Å². The summed E-state index contributed by atoms with van der Waals surface area (Å²) < 4.78 is 5.49. The maximum atomic E-state index is 10.8. The molecule has 0 spiro atoms. The van der Waals surface area contributed by atoms with E-state index in [0.29, 0.717) is 11.3 Å². The third-order valence-electron chi connectivity index (χ3n) is 2.61. The van der Waals surface area contributed by atoms with Crippen molar-refractivity contribution in [2.45, 2.75) is 0 Å². The number of aromatic hydroxyl groups is 1. The van der Waals surface area contributed by atoms with Crippen LogP contribution >= 0.6 is 0 Å². The van der Waals surface area contributed by atoms with Gasteiger partial charge in [0, 0.05) is 5.39 Å². The van der Waals surface area contributed by atoms with Gasteiger partial charge in [-0.2, -0.15) is 5.10 Å². The molecule has 3 N–H and O–H groups in total. The van der Waals surface area contributed by atoms with Gasteiger partial charge in [-0.1, -0.05) is 18.2 Å². The molecule has 0 fully saturated rings. The smallest absolute Gasteiger partial charge is 0.357 e. The molecule has 0 unspecified atom stereocenters. The van der Waals surface area contributed by atoms with Crippen LogP contribution in [-0.4, -0.2) is 26.4 Å². The van der Waals surface area contributed by atoms with E-state index < -0.39 is 11.7 Å². The number of aromatic carboxylic acids is 1. The Morgan fingerprint density at radius 1 is 1.33 bits per heavy atom. The molecule has 1 aromatic carbocycles. The van der Waals surface area contributed by atoms with Gasteiger partial charge in [0.05, 0.1) is 0 Å². The first-order chi connectivity index (χ1) is 8.66. The van der Waals surface area contributed by atoms with Gasteiger partial charge in [-0.15, -0.1) is 0 Å². The number of rotatable bonds is 2. The van der Waals surface area contributed by atoms with Gasteiger partial charge >= 0.3 is 5.97 Å². The number of aromatic amines is 1. The van der Waals surface area contributed by atoms with Crippen LogP contribution < -0.4 is 0 Å². The van der Waals surface area contributed by atoms with Crippen LogP contribution in [0.4, 0.5) is 0 Å². The molecule has 18 heavy (non-hydrogen) atoms. The van der Waals surface area contributed by atoms with Gasteiger partial charge < -0.3 is 14.6 Å². The van der Waals surface area contributed by atoms with Crippen molar-refractivity contribution in [1.82, 2.24) is 10.2 Å². The highest BCUT2D eigenvalue weighted by Gasteiger charge is 2.21. The second-order valence-corrected chi connectivity index (χ2v) is 3.75. The maximum Gasteiger partial charge on any atom is 0.357 e. The van der Waals surface area contributed by atoms with Crippen molar-refractivity contribution in [2.75, 3.05) is 0 Å². The fraction of sp³-hybridized carbons (Fsp3) is 0. The van der Waals surface area contributed by atoms with E-state index in [2.05, 4.69) is 10.2 Å². The van der Waals surface area contributed by atoms with E-state index in [4.69, 9.17) is 9.52 Å². The number of hydrogen-bond donors (Lipinski definition) is 3. The second kappa shape index (κ2) is 3.63. The number of carbonyl (C=O) groups is 1. The third kappa shape index (κ3) is 1.43. The highest BCUT2D eigenvalue weighted by atomic mass is 16.4. The molecule has 6 nitrogen and oxygen atoms in total. The summed E-state index contributed by atoms with van der Waals surface area (Å²) >= 11 is 0. The van der Waals surface area contributed by atoms with Crippen LogP contribution in [0.25, 0.3) is 22.4 Å². The van der Waals surface area contributed by atoms with Crippen molar-refractivity contribution < 1.29 is 19.4 Å². The van der Waals surface area contributed by atoms with Gasteiger partial charge in [0.2, 0.25) is 0 Å². The fourth-order valence-corrected chi connectivity index (χ4v) is 1.76. The molecule has 0 radical (unpaired) electrons. The van der Waals surface area contributed by atoms with Gasteiger partial charge in [0.15, 0.2) is 22.9 Å². The monoisotopic (exact) mass is 244 g/mol. The van der Waals surface area contributed by atoms with Crippen molar-refractivity contribution in [2.24, 2.45) is 0 Å². The van der Waals surface area contributed by atoms with E-state index in [-0.39, 0.29) is 11.4 Å². The molecule has 0 aliphatic rings. The Morgan fingerprint density at radius 3 is 2.78 bits per heavy atom. The second-order valence-electron chi connectivity index (χ2n) is 3.75. The Kier molecular flexibility index (Phi) is 2.09. The fourth-order valence-electron chi connectivity index (χ4n) is 1.76. The summed E-state index contributed by atoms with van der Waals surface area (Å²) in [7, 11) is 0. The van der Waals surface area contributed by atoms with E-state index in [0.717, 1.165) is 5.39 Å². The van der Waals surface area contributed by atoms with Crippen LogP contribution in [0.3, 0.4) is 0 Å². The summed E-state index contributed by atoms with van der Waals surface area (Å²) in [6.07, 6.45) is 0. The number of aromatic nitrogens is 2. The first-order valence-corrected chi connectivity index (χ1v) is 5.16. The lowest BCUT2D eigenvalue weighted by atomic mass is 10.2. The minimum atomic E-state index is -1.28. The van der Waals surface area contributed by atoms with Gasteiger partial charge in [-0.25, -0.2) is 4.79 Å². The van der Waals surface area contributed by atoms with Crippen molar-refractivity contribution in [3.05, 3.63) is 36.0 Å². The molecule has 0 amide bonds. The van der Waals surface area contributed by atoms with E-state index >= 15 is 0 Å². The van der Waals surface area contributed by atoms with Crippen molar-refractivity contribution >= 4 is 16.9 Å². The Labute approximate surface area is 100 Å². The first kappa shape index (κ1) is 10.4. The molecule has 90 valence electrons. The summed E-state index contributed by atoms with van der Waals surface area (Å²) in [5.41, 5.74) is 0.376. The van der Waals surface area contributed by atoms with E-state index in [1.165, 1.54) is 0 Å². The highest BCUT2D eigenvalue weighted by Crippen LogP contribution is 2.33. The lowest BCUT2D eigenvalue weighted by molar-refractivity contribution is 0.0687. The summed E-state index contributed by atoms with van der Waals surface area (Å²) in [6, 6.07) is 9.00. The number of carboxylic acids is 1. The van der Waals surface area contributed by atoms with Crippen LogP contribution in [0.15, 0.2) is 34.7 Å². The van der Waals surface area contributed by atoms with Crippen molar-refractivity contribution in [1.29, 1.82) is 0 Å². The number of furan rings is 1. The number of carboxylic acid groups (broad SMARTS) is 1. The maximum absolute atomic E-state index is 10.8. The van der Waals surface area contributed by atoms with Gasteiger partial charge in [0.25, 0.3) is 0 Å². The molecule has 3 rings (SSSR count). The lowest BCUT2D eigenvalue weighted by Gasteiger charge is -1.91. The molecular weight excluding hydrogens is 236 g/mol. The Hall–Kier alpha value is -2.76. The van der Waals surface area contributed by atoms with Crippen LogP contribution in [0.1, 0.15) is 10.5 Å². The normalized spacial score (nSPS) is 10.9. The molecule has 2 heterocycles. The SMILES string of the molecule is O=C(O)c1[nH]nc(-c2cc3ccccc3o2)c1O. The average Bonchev–Trinajstić information content (AvgIpc) is 2.91. The summed E-state index contributed by atoms with van der Waals surface area (Å²) in [4.78, 5) is 10.8. The van der Waals surface area contributed by atoms with Crippen LogP contribution in [0.2, 0.25) is 0 Å². The number of fused-ring (bicyclic) bond motifs is 1. The van der Waals surface area contributed by atoms with E-state index in [9.17, 15) is 9.90 Å². The molecule has 2 aromatic heterocycles. The zero-order chi connectivity index (χ0) is 12.7. The molecule has 0 bridgehead atoms. The molecule has 6 heteroatoms. The zero-order valence-corrected chi connectivity index (χ0v) is 9.04. The highest BCUT2D eigenvalue weighted by molar-refractivity contribution is 5.92. The number of benzene rings is 1. The number of H-pyrrole nitrogens is 1.